The maximum absolute atomic E-state index is 6.66. The number of benzene rings is 1. The van der Waals surface area contributed by atoms with E-state index in [0.29, 0.717) is 0 Å². The summed E-state index contributed by atoms with van der Waals surface area (Å²) in [6.45, 7) is 2.30. The van der Waals surface area contributed by atoms with E-state index in [9.17, 15) is 0 Å². The number of ether oxygens (including phenoxy) is 1. The van der Waals surface area contributed by atoms with Gasteiger partial charge < -0.3 is 10.5 Å². The Bertz CT molecular complexity index is 404. The minimum Gasteiger partial charge on any atom is -0.497 e. The molecule has 0 spiro atoms. The monoisotopic (exact) mass is 261 g/mol. The van der Waals surface area contributed by atoms with Crippen molar-refractivity contribution in [3.8, 4) is 5.75 Å². The Morgan fingerprint density at radius 2 is 2.16 bits per heavy atom. The zero-order valence-corrected chi connectivity index (χ0v) is 12.3. The molecule has 2 heteroatoms. The molecule has 0 saturated heterocycles. The zero-order valence-electron chi connectivity index (χ0n) is 12.3. The first kappa shape index (κ1) is 14.4. The Balaban J connectivity index is 2.03. The average Bonchev–Trinajstić information content (AvgIpc) is 2.60. The van der Waals surface area contributed by atoms with E-state index >= 15 is 0 Å². The van der Waals surface area contributed by atoms with Gasteiger partial charge in [0, 0.05) is 5.54 Å². The topological polar surface area (TPSA) is 35.2 Å². The van der Waals surface area contributed by atoms with Crippen LogP contribution in [0.1, 0.15) is 51.0 Å². The van der Waals surface area contributed by atoms with Gasteiger partial charge in [0.05, 0.1) is 7.11 Å². The Morgan fingerprint density at radius 1 is 1.32 bits per heavy atom. The van der Waals surface area contributed by atoms with Crippen molar-refractivity contribution in [2.75, 3.05) is 7.11 Å². The van der Waals surface area contributed by atoms with Gasteiger partial charge in [-0.3, -0.25) is 0 Å². The van der Waals surface area contributed by atoms with Crippen molar-refractivity contribution in [1.29, 1.82) is 0 Å². The van der Waals surface area contributed by atoms with Crippen molar-refractivity contribution >= 4 is 0 Å². The third kappa shape index (κ3) is 3.97. The van der Waals surface area contributed by atoms with Crippen LogP contribution in [0.5, 0.6) is 5.75 Å². The van der Waals surface area contributed by atoms with Crippen molar-refractivity contribution in [3.63, 3.8) is 0 Å². The van der Waals surface area contributed by atoms with Gasteiger partial charge in [0.2, 0.25) is 0 Å². The smallest absolute Gasteiger partial charge is 0.119 e. The molecule has 0 heterocycles. The lowest BCUT2D eigenvalue weighted by atomic mass is 9.84. The molecule has 1 aromatic rings. The first-order chi connectivity index (χ1) is 9.15. The van der Waals surface area contributed by atoms with Crippen molar-refractivity contribution in [2.24, 2.45) is 11.7 Å². The third-order valence-electron chi connectivity index (χ3n) is 4.61. The fourth-order valence-corrected chi connectivity index (χ4v) is 3.28. The first-order valence-electron chi connectivity index (χ1n) is 7.57. The Morgan fingerprint density at radius 3 is 2.89 bits per heavy atom. The van der Waals surface area contributed by atoms with Crippen molar-refractivity contribution in [3.05, 3.63) is 29.8 Å². The quantitative estimate of drug-likeness (QED) is 0.834. The molecule has 2 rings (SSSR count). The molecule has 19 heavy (non-hydrogen) atoms. The normalized spacial score (nSPS) is 27.8. The van der Waals surface area contributed by atoms with E-state index in [0.717, 1.165) is 30.9 Å². The molecule has 2 nitrogen and oxygen atoms in total. The van der Waals surface area contributed by atoms with Gasteiger partial charge in [-0.25, -0.2) is 0 Å². The highest BCUT2D eigenvalue weighted by Gasteiger charge is 2.29. The first-order valence-corrected chi connectivity index (χ1v) is 7.57. The molecule has 2 atom stereocenters. The second-order valence-corrected chi connectivity index (χ2v) is 6.10. The van der Waals surface area contributed by atoms with Crippen LogP contribution in [-0.2, 0) is 6.42 Å². The van der Waals surface area contributed by atoms with Gasteiger partial charge >= 0.3 is 0 Å². The van der Waals surface area contributed by atoms with Gasteiger partial charge in [0.15, 0.2) is 0 Å². The summed E-state index contributed by atoms with van der Waals surface area (Å²) in [7, 11) is 1.72. The lowest BCUT2D eigenvalue weighted by molar-refractivity contribution is 0.357. The van der Waals surface area contributed by atoms with Gasteiger partial charge in [-0.2, -0.15) is 0 Å². The van der Waals surface area contributed by atoms with Crippen LogP contribution in [0.2, 0.25) is 0 Å². The average molecular weight is 261 g/mol. The number of hydrogen-bond donors (Lipinski definition) is 1. The second kappa shape index (κ2) is 6.42. The van der Waals surface area contributed by atoms with E-state index in [1.54, 1.807) is 7.11 Å². The van der Waals surface area contributed by atoms with Crippen LogP contribution in [-0.4, -0.2) is 12.6 Å². The van der Waals surface area contributed by atoms with Gasteiger partial charge in [-0.05, 0) is 49.3 Å². The van der Waals surface area contributed by atoms with Crippen molar-refractivity contribution in [2.45, 2.75) is 57.4 Å². The Kier molecular flexibility index (Phi) is 4.87. The molecule has 0 amide bonds. The highest BCUT2D eigenvalue weighted by Crippen LogP contribution is 2.33. The molecule has 0 aliphatic heterocycles. The summed E-state index contributed by atoms with van der Waals surface area (Å²) < 4.78 is 5.30. The van der Waals surface area contributed by atoms with Crippen molar-refractivity contribution in [1.82, 2.24) is 0 Å². The third-order valence-corrected chi connectivity index (χ3v) is 4.61. The predicted molar refractivity (Wildman–Crippen MR) is 80.5 cm³/mol. The fraction of sp³-hybridized carbons (Fsp3) is 0.647. The molecule has 0 aromatic heterocycles. The molecule has 2 unspecified atom stereocenters. The second-order valence-electron chi connectivity index (χ2n) is 6.10. The molecule has 1 fully saturated rings. The Hall–Kier alpha value is -1.02. The number of rotatable bonds is 4. The highest BCUT2D eigenvalue weighted by molar-refractivity contribution is 5.29. The highest BCUT2D eigenvalue weighted by atomic mass is 16.5. The van der Waals surface area contributed by atoms with Crippen LogP contribution in [0.15, 0.2) is 24.3 Å². The number of methoxy groups -OCH3 is 1. The lowest BCUT2D eigenvalue weighted by Crippen LogP contribution is -2.41. The van der Waals surface area contributed by atoms with E-state index < -0.39 is 0 Å². The van der Waals surface area contributed by atoms with Crippen LogP contribution in [0.3, 0.4) is 0 Å². The van der Waals surface area contributed by atoms with Crippen LogP contribution in [0.4, 0.5) is 0 Å². The van der Waals surface area contributed by atoms with Crippen LogP contribution >= 0.6 is 0 Å². The van der Waals surface area contributed by atoms with Crippen LogP contribution in [0, 0.1) is 5.92 Å². The van der Waals surface area contributed by atoms with E-state index in [1.807, 2.05) is 6.07 Å². The molecular formula is C17H27NO. The summed E-state index contributed by atoms with van der Waals surface area (Å²) in [5.41, 5.74) is 7.94. The summed E-state index contributed by atoms with van der Waals surface area (Å²) >= 11 is 0. The van der Waals surface area contributed by atoms with E-state index in [2.05, 4.69) is 25.1 Å². The summed E-state index contributed by atoms with van der Waals surface area (Å²) in [5.74, 6) is 1.82. The van der Waals surface area contributed by atoms with Gasteiger partial charge in [0.1, 0.15) is 5.75 Å². The standard InChI is InChI=1S/C17H27NO/c1-3-14-7-5-10-17(18,11-9-14)13-15-6-4-8-16(12-15)19-2/h4,6,8,12,14H,3,5,7,9-11,13,18H2,1-2H3. The van der Waals surface area contributed by atoms with E-state index in [1.165, 1.54) is 31.2 Å². The minimum absolute atomic E-state index is 0.0176. The fourth-order valence-electron chi connectivity index (χ4n) is 3.28. The van der Waals surface area contributed by atoms with Gasteiger partial charge in [0.25, 0.3) is 0 Å². The molecule has 1 aliphatic rings. The molecular weight excluding hydrogens is 234 g/mol. The maximum atomic E-state index is 6.66. The number of hydrogen-bond acceptors (Lipinski definition) is 2. The van der Waals surface area contributed by atoms with Crippen LogP contribution < -0.4 is 10.5 Å². The molecule has 1 aliphatic carbocycles. The van der Waals surface area contributed by atoms with E-state index in [4.69, 9.17) is 10.5 Å². The van der Waals surface area contributed by atoms with Gasteiger partial charge in [-0.1, -0.05) is 38.3 Å². The Labute approximate surface area is 117 Å². The SMILES string of the molecule is CCC1CCCC(N)(Cc2cccc(OC)c2)CC1. The number of nitrogens with two attached hydrogens (primary N) is 1. The largest absolute Gasteiger partial charge is 0.497 e. The lowest BCUT2D eigenvalue weighted by Gasteiger charge is -2.28. The molecule has 0 bridgehead atoms. The zero-order chi connectivity index (χ0) is 13.7. The molecule has 1 aromatic carbocycles. The predicted octanol–water partition coefficient (Wildman–Crippen LogP) is 3.93. The van der Waals surface area contributed by atoms with Crippen LogP contribution in [0.25, 0.3) is 0 Å². The summed E-state index contributed by atoms with van der Waals surface area (Å²) in [6.07, 6.45) is 8.50. The maximum Gasteiger partial charge on any atom is 0.119 e. The van der Waals surface area contributed by atoms with Crippen molar-refractivity contribution < 1.29 is 4.74 Å². The molecule has 1 saturated carbocycles. The summed E-state index contributed by atoms with van der Waals surface area (Å²) in [4.78, 5) is 0. The molecule has 106 valence electrons. The summed E-state index contributed by atoms with van der Waals surface area (Å²) in [6, 6.07) is 8.34. The van der Waals surface area contributed by atoms with Gasteiger partial charge in [-0.15, -0.1) is 0 Å². The summed E-state index contributed by atoms with van der Waals surface area (Å²) in [5, 5.41) is 0. The minimum atomic E-state index is -0.0176. The van der Waals surface area contributed by atoms with E-state index in [-0.39, 0.29) is 5.54 Å². The molecule has 2 N–H and O–H groups in total. The molecule has 0 radical (unpaired) electrons.